The SMILES string of the molecule is NC(CC(=O)O)C(=O)OOC(=O)CN(CC(=O)O)CC(=O)O. The molecule has 12 nitrogen and oxygen atoms in total. The zero-order valence-corrected chi connectivity index (χ0v) is 11.1. The van der Waals surface area contributed by atoms with Crippen LogP contribution in [-0.2, 0) is 33.7 Å². The lowest BCUT2D eigenvalue weighted by Gasteiger charge is -2.16. The molecule has 0 amide bonds. The van der Waals surface area contributed by atoms with E-state index in [0.29, 0.717) is 4.90 Å². The Kier molecular flexibility index (Phi) is 8.10. The van der Waals surface area contributed by atoms with Crippen LogP contribution in [0.3, 0.4) is 0 Å². The van der Waals surface area contributed by atoms with Gasteiger partial charge in [0.25, 0.3) is 0 Å². The molecule has 0 aliphatic carbocycles. The van der Waals surface area contributed by atoms with E-state index in [2.05, 4.69) is 9.78 Å². The maximum Gasteiger partial charge on any atom is 0.372 e. The fourth-order valence-corrected chi connectivity index (χ4v) is 1.18. The van der Waals surface area contributed by atoms with Crippen LogP contribution >= 0.6 is 0 Å². The molecule has 0 radical (unpaired) electrons. The summed E-state index contributed by atoms with van der Waals surface area (Å²) in [4.78, 5) is 62.4. The van der Waals surface area contributed by atoms with Gasteiger partial charge in [-0.1, -0.05) is 0 Å². The summed E-state index contributed by atoms with van der Waals surface area (Å²) in [5.41, 5.74) is 5.12. The molecule has 5 N–H and O–H groups in total. The van der Waals surface area contributed by atoms with Crippen molar-refractivity contribution in [3.63, 3.8) is 0 Å². The highest BCUT2D eigenvalue weighted by molar-refractivity contribution is 5.82. The van der Waals surface area contributed by atoms with Crippen molar-refractivity contribution in [1.29, 1.82) is 0 Å². The normalized spacial score (nSPS) is 11.5. The zero-order chi connectivity index (χ0) is 17.3. The van der Waals surface area contributed by atoms with E-state index in [4.69, 9.17) is 21.1 Å². The third-order valence-corrected chi connectivity index (χ3v) is 1.98. The number of nitrogens with zero attached hydrogens (tertiary/aromatic N) is 1. The Balaban J connectivity index is 4.34. The molecule has 124 valence electrons. The van der Waals surface area contributed by atoms with E-state index in [0.717, 1.165) is 0 Å². The van der Waals surface area contributed by atoms with Gasteiger partial charge in [-0.2, -0.15) is 0 Å². The van der Waals surface area contributed by atoms with Crippen LogP contribution in [0.2, 0.25) is 0 Å². The molecule has 0 heterocycles. The second-order valence-corrected chi connectivity index (χ2v) is 3.99. The first-order valence-corrected chi connectivity index (χ1v) is 5.66. The summed E-state index contributed by atoms with van der Waals surface area (Å²) in [6.45, 7) is -2.29. The second kappa shape index (κ2) is 9.25. The molecule has 0 bridgehead atoms. The van der Waals surface area contributed by atoms with Crippen molar-refractivity contribution in [3.8, 4) is 0 Å². The molecular weight excluding hydrogens is 308 g/mol. The van der Waals surface area contributed by atoms with Crippen molar-refractivity contribution in [2.75, 3.05) is 19.6 Å². The summed E-state index contributed by atoms with van der Waals surface area (Å²) in [5.74, 6) is -6.70. The summed E-state index contributed by atoms with van der Waals surface area (Å²) in [6, 6.07) is -1.56. The van der Waals surface area contributed by atoms with Crippen LogP contribution in [0.25, 0.3) is 0 Å². The van der Waals surface area contributed by atoms with Crippen LogP contribution in [0, 0.1) is 0 Å². The molecule has 0 aliphatic heterocycles. The number of carboxylic acids is 3. The van der Waals surface area contributed by atoms with Crippen LogP contribution in [0.15, 0.2) is 0 Å². The molecule has 12 heteroatoms. The lowest BCUT2D eigenvalue weighted by molar-refractivity contribution is -0.260. The van der Waals surface area contributed by atoms with Crippen LogP contribution in [0.4, 0.5) is 0 Å². The summed E-state index contributed by atoms with van der Waals surface area (Å²) in [7, 11) is 0. The average molecular weight is 322 g/mol. The Hall–Kier alpha value is -2.73. The molecule has 1 unspecified atom stereocenters. The molecule has 0 fully saturated rings. The van der Waals surface area contributed by atoms with Gasteiger partial charge in [0, 0.05) is 0 Å². The molecule has 22 heavy (non-hydrogen) atoms. The number of hydrogen-bond donors (Lipinski definition) is 4. The summed E-state index contributed by atoms with van der Waals surface area (Å²) >= 11 is 0. The van der Waals surface area contributed by atoms with Gasteiger partial charge in [-0.25, -0.2) is 19.4 Å². The molecule has 0 spiro atoms. The molecule has 0 aromatic carbocycles. The summed E-state index contributed by atoms with van der Waals surface area (Å²) in [6.07, 6.45) is -0.749. The molecule has 0 aromatic heterocycles. The number of carbonyl (C=O) groups excluding carboxylic acids is 2. The molecule has 0 rings (SSSR count). The Labute approximate surface area is 122 Å². The lowest BCUT2D eigenvalue weighted by atomic mass is 10.2. The summed E-state index contributed by atoms with van der Waals surface area (Å²) < 4.78 is 0. The second-order valence-electron chi connectivity index (χ2n) is 3.99. The van der Waals surface area contributed by atoms with E-state index >= 15 is 0 Å². The van der Waals surface area contributed by atoms with E-state index in [1.54, 1.807) is 0 Å². The number of carbonyl (C=O) groups is 5. The molecular formula is C10H14N2O10. The lowest BCUT2D eigenvalue weighted by Crippen LogP contribution is -2.40. The Morgan fingerprint density at radius 3 is 1.77 bits per heavy atom. The van der Waals surface area contributed by atoms with E-state index in [9.17, 15) is 24.0 Å². The van der Waals surface area contributed by atoms with Crippen molar-refractivity contribution in [3.05, 3.63) is 0 Å². The monoisotopic (exact) mass is 322 g/mol. The van der Waals surface area contributed by atoms with Gasteiger partial charge in [0.15, 0.2) is 0 Å². The maximum atomic E-state index is 11.3. The number of nitrogens with two attached hydrogens (primary N) is 1. The highest BCUT2D eigenvalue weighted by atomic mass is 17.2. The predicted molar refractivity (Wildman–Crippen MR) is 64.1 cm³/mol. The Morgan fingerprint density at radius 2 is 1.36 bits per heavy atom. The summed E-state index contributed by atoms with van der Waals surface area (Å²) in [5, 5.41) is 25.5. The van der Waals surface area contributed by atoms with E-state index in [-0.39, 0.29) is 0 Å². The van der Waals surface area contributed by atoms with Gasteiger partial charge in [0.1, 0.15) is 12.6 Å². The van der Waals surface area contributed by atoms with Crippen LogP contribution in [0.1, 0.15) is 6.42 Å². The van der Waals surface area contributed by atoms with Crippen molar-refractivity contribution in [2.24, 2.45) is 5.73 Å². The highest BCUT2D eigenvalue weighted by Gasteiger charge is 2.23. The molecule has 1 atom stereocenters. The first-order chi connectivity index (χ1) is 10.1. The van der Waals surface area contributed by atoms with E-state index < -0.39 is 61.9 Å². The van der Waals surface area contributed by atoms with Crippen LogP contribution < -0.4 is 5.73 Å². The zero-order valence-electron chi connectivity index (χ0n) is 11.1. The Bertz CT molecular complexity index is 447. The van der Waals surface area contributed by atoms with Crippen LogP contribution in [0.5, 0.6) is 0 Å². The number of rotatable bonds is 9. The first-order valence-electron chi connectivity index (χ1n) is 5.66. The molecule has 0 aliphatic rings. The standard InChI is InChI=1S/C10H14N2O10/c11-5(1-6(13)14)10(20)22-21-9(19)4-12(2-7(15)16)3-8(17)18/h5H,1-4,11H2,(H,13,14)(H,15,16)(H,17,18). The fraction of sp³-hybridized carbons (Fsp3) is 0.500. The van der Waals surface area contributed by atoms with Crippen LogP contribution in [-0.4, -0.2) is 75.7 Å². The number of carboxylic acid groups (broad SMARTS) is 3. The largest absolute Gasteiger partial charge is 0.481 e. The van der Waals surface area contributed by atoms with Gasteiger partial charge in [-0.15, -0.1) is 0 Å². The van der Waals surface area contributed by atoms with E-state index in [1.165, 1.54) is 0 Å². The van der Waals surface area contributed by atoms with Crippen molar-refractivity contribution in [1.82, 2.24) is 4.90 Å². The average Bonchev–Trinajstić information content (AvgIpc) is 2.33. The predicted octanol–water partition coefficient (Wildman–Crippen LogP) is -2.74. The minimum absolute atomic E-state index is 0.706. The van der Waals surface area contributed by atoms with E-state index in [1.807, 2.05) is 0 Å². The Morgan fingerprint density at radius 1 is 0.864 bits per heavy atom. The molecule has 0 saturated carbocycles. The first kappa shape index (κ1) is 19.3. The smallest absolute Gasteiger partial charge is 0.372 e. The van der Waals surface area contributed by atoms with Crippen molar-refractivity contribution < 1.29 is 49.1 Å². The van der Waals surface area contributed by atoms with Crippen molar-refractivity contribution >= 4 is 29.8 Å². The number of hydrogen-bond acceptors (Lipinski definition) is 9. The topological polar surface area (TPSA) is 194 Å². The highest BCUT2D eigenvalue weighted by Crippen LogP contribution is 1.96. The minimum atomic E-state index is -1.56. The molecule has 0 saturated heterocycles. The third-order valence-electron chi connectivity index (χ3n) is 1.98. The van der Waals surface area contributed by atoms with Gasteiger partial charge >= 0.3 is 29.8 Å². The fourth-order valence-electron chi connectivity index (χ4n) is 1.18. The molecule has 0 aromatic rings. The quantitative estimate of drug-likeness (QED) is 0.253. The van der Waals surface area contributed by atoms with Crippen molar-refractivity contribution in [2.45, 2.75) is 12.5 Å². The third kappa shape index (κ3) is 9.22. The maximum absolute atomic E-state index is 11.3. The van der Waals surface area contributed by atoms with Gasteiger partial charge < -0.3 is 21.1 Å². The van der Waals surface area contributed by atoms with Gasteiger partial charge in [0.05, 0.1) is 19.5 Å². The van der Waals surface area contributed by atoms with Gasteiger partial charge in [0.2, 0.25) is 0 Å². The minimum Gasteiger partial charge on any atom is -0.481 e. The van der Waals surface area contributed by atoms with Gasteiger partial charge in [-0.3, -0.25) is 19.3 Å². The number of aliphatic carboxylic acids is 3. The van der Waals surface area contributed by atoms with Gasteiger partial charge in [-0.05, 0) is 0 Å².